The van der Waals surface area contributed by atoms with Crippen LogP contribution < -0.4 is 11.1 Å². The van der Waals surface area contributed by atoms with Crippen molar-refractivity contribution in [2.45, 2.75) is 6.04 Å². The van der Waals surface area contributed by atoms with Gasteiger partial charge in [-0.1, -0.05) is 17.7 Å². The third kappa shape index (κ3) is 3.41. The molecule has 2 amide bonds. The van der Waals surface area contributed by atoms with Gasteiger partial charge in [0.15, 0.2) is 0 Å². The minimum atomic E-state index is -0.998. The Labute approximate surface area is 108 Å². The molecule has 0 aromatic heterocycles. The van der Waals surface area contributed by atoms with Crippen LogP contribution in [-0.2, 0) is 9.53 Å². The first-order chi connectivity index (χ1) is 8.47. The number of methoxy groups -OCH3 is 1. The predicted molar refractivity (Wildman–Crippen MR) is 63.7 cm³/mol. The molecule has 0 heterocycles. The Bertz CT molecular complexity index is 468. The first-order valence-electron chi connectivity index (χ1n) is 5.00. The molecule has 0 saturated heterocycles. The second-order valence-electron chi connectivity index (χ2n) is 3.49. The Kier molecular flexibility index (Phi) is 5.06. The highest BCUT2D eigenvalue weighted by molar-refractivity contribution is 6.34. The van der Waals surface area contributed by atoms with E-state index in [1.54, 1.807) is 0 Å². The van der Waals surface area contributed by atoms with E-state index in [1.807, 2.05) is 0 Å². The summed E-state index contributed by atoms with van der Waals surface area (Å²) in [6.07, 6.45) is 0. The standard InChI is InChI=1S/C11H12ClFN2O3/c1-18-5-8(10(14)16)15-11(17)6-3-2-4-7(13)9(6)12/h2-4,8H,5H2,1H3,(H2,14,16)(H,15,17)/t8-/m0/s1. The Morgan fingerprint density at radius 1 is 1.56 bits per heavy atom. The van der Waals surface area contributed by atoms with E-state index in [-0.39, 0.29) is 17.2 Å². The van der Waals surface area contributed by atoms with Crippen molar-refractivity contribution in [2.24, 2.45) is 5.73 Å². The van der Waals surface area contributed by atoms with Crippen LogP contribution in [0.3, 0.4) is 0 Å². The number of rotatable bonds is 5. The fourth-order valence-corrected chi connectivity index (χ4v) is 1.49. The maximum atomic E-state index is 13.2. The summed E-state index contributed by atoms with van der Waals surface area (Å²) in [4.78, 5) is 22.8. The van der Waals surface area contributed by atoms with E-state index in [9.17, 15) is 14.0 Å². The van der Waals surface area contributed by atoms with Gasteiger partial charge in [0.05, 0.1) is 17.2 Å². The van der Waals surface area contributed by atoms with Gasteiger partial charge in [0.1, 0.15) is 11.9 Å². The number of primary amides is 1. The van der Waals surface area contributed by atoms with E-state index in [1.165, 1.54) is 19.2 Å². The van der Waals surface area contributed by atoms with Crippen molar-refractivity contribution in [1.29, 1.82) is 0 Å². The Morgan fingerprint density at radius 3 is 2.78 bits per heavy atom. The first-order valence-corrected chi connectivity index (χ1v) is 5.38. The van der Waals surface area contributed by atoms with Crippen LogP contribution in [0.2, 0.25) is 5.02 Å². The molecule has 5 nitrogen and oxygen atoms in total. The maximum Gasteiger partial charge on any atom is 0.253 e. The van der Waals surface area contributed by atoms with Crippen molar-refractivity contribution in [3.8, 4) is 0 Å². The number of hydrogen-bond donors (Lipinski definition) is 2. The molecular weight excluding hydrogens is 263 g/mol. The largest absolute Gasteiger partial charge is 0.382 e. The van der Waals surface area contributed by atoms with E-state index in [0.717, 1.165) is 6.07 Å². The molecule has 7 heteroatoms. The van der Waals surface area contributed by atoms with E-state index < -0.39 is 23.7 Å². The lowest BCUT2D eigenvalue weighted by Crippen LogP contribution is -2.47. The predicted octanol–water partition coefficient (Wildman–Crippen LogP) is 0.709. The Morgan fingerprint density at radius 2 is 2.22 bits per heavy atom. The van der Waals surface area contributed by atoms with Crippen molar-refractivity contribution in [3.63, 3.8) is 0 Å². The van der Waals surface area contributed by atoms with Gasteiger partial charge in [-0.25, -0.2) is 4.39 Å². The number of hydrogen-bond acceptors (Lipinski definition) is 3. The van der Waals surface area contributed by atoms with Crippen molar-refractivity contribution in [1.82, 2.24) is 5.32 Å². The minimum Gasteiger partial charge on any atom is -0.382 e. The van der Waals surface area contributed by atoms with Crippen LogP contribution in [0.5, 0.6) is 0 Å². The zero-order valence-electron chi connectivity index (χ0n) is 9.57. The van der Waals surface area contributed by atoms with Crippen molar-refractivity contribution < 1.29 is 18.7 Å². The third-order valence-electron chi connectivity index (χ3n) is 2.18. The van der Waals surface area contributed by atoms with E-state index >= 15 is 0 Å². The van der Waals surface area contributed by atoms with Gasteiger partial charge < -0.3 is 15.8 Å². The summed E-state index contributed by atoms with van der Waals surface area (Å²) >= 11 is 5.64. The van der Waals surface area contributed by atoms with Crippen LogP contribution in [-0.4, -0.2) is 31.6 Å². The average molecular weight is 275 g/mol. The van der Waals surface area contributed by atoms with Gasteiger partial charge in [-0.05, 0) is 12.1 Å². The van der Waals surface area contributed by atoms with Crippen LogP contribution in [0.25, 0.3) is 0 Å². The molecule has 0 aliphatic carbocycles. The van der Waals surface area contributed by atoms with Crippen molar-refractivity contribution >= 4 is 23.4 Å². The lowest BCUT2D eigenvalue weighted by molar-refractivity contribution is -0.121. The molecule has 0 aliphatic heterocycles. The average Bonchev–Trinajstić information content (AvgIpc) is 2.31. The number of nitrogens with two attached hydrogens (primary N) is 1. The van der Waals surface area contributed by atoms with Crippen LogP contribution in [0.1, 0.15) is 10.4 Å². The van der Waals surface area contributed by atoms with E-state index in [0.29, 0.717) is 0 Å². The molecule has 0 fully saturated rings. The van der Waals surface area contributed by atoms with Crippen molar-refractivity contribution in [2.75, 3.05) is 13.7 Å². The Hall–Kier alpha value is -1.66. The fourth-order valence-electron chi connectivity index (χ4n) is 1.28. The summed E-state index contributed by atoms with van der Waals surface area (Å²) in [6.45, 7) is -0.0754. The monoisotopic (exact) mass is 274 g/mol. The van der Waals surface area contributed by atoms with Gasteiger partial charge in [-0.2, -0.15) is 0 Å². The summed E-state index contributed by atoms with van der Waals surface area (Å²) in [5.74, 6) is -2.16. The second-order valence-corrected chi connectivity index (χ2v) is 3.86. The highest BCUT2D eigenvalue weighted by Gasteiger charge is 2.21. The summed E-state index contributed by atoms with van der Waals surface area (Å²) in [6, 6.07) is 2.80. The van der Waals surface area contributed by atoms with Gasteiger partial charge in [-0.15, -0.1) is 0 Å². The summed E-state index contributed by atoms with van der Waals surface area (Å²) < 4.78 is 17.9. The Balaban J connectivity index is 2.87. The normalized spacial score (nSPS) is 11.9. The SMILES string of the molecule is COC[C@H](NC(=O)c1cccc(F)c1Cl)C(N)=O. The molecule has 0 aliphatic rings. The molecule has 1 rings (SSSR count). The highest BCUT2D eigenvalue weighted by Crippen LogP contribution is 2.19. The third-order valence-corrected chi connectivity index (χ3v) is 2.56. The number of halogens is 2. The van der Waals surface area contributed by atoms with Crippen LogP contribution in [0.4, 0.5) is 4.39 Å². The van der Waals surface area contributed by atoms with Gasteiger partial charge in [0.25, 0.3) is 5.91 Å². The van der Waals surface area contributed by atoms with Crippen molar-refractivity contribution in [3.05, 3.63) is 34.6 Å². The molecule has 0 saturated carbocycles. The molecule has 18 heavy (non-hydrogen) atoms. The van der Waals surface area contributed by atoms with E-state index in [2.05, 4.69) is 5.32 Å². The summed E-state index contributed by atoms with van der Waals surface area (Å²) in [7, 11) is 1.36. The number of amides is 2. The molecule has 98 valence electrons. The smallest absolute Gasteiger partial charge is 0.253 e. The molecule has 0 bridgehead atoms. The molecule has 1 atom stereocenters. The van der Waals surface area contributed by atoms with Crippen LogP contribution in [0.15, 0.2) is 18.2 Å². The van der Waals surface area contributed by atoms with Gasteiger partial charge in [-0.3, -0.25) is 9.59 Å². The van der Waals surface area contributed by atoms with E-state index in [4.69, 9.17) is 22.1 Å². The van der Waals surface area contributed by atoms with Gasteiger partial charge >= 0.3 is 0 Å². The fraction of sp³-hybridized carbons (Fsp3) is 0.273. The molecule has 0 radical (unpaired) electrons. The quantitative estimate of drug-likeness (QED) is 0.830. The molecule has 3 N–H and O–H groups in total. The topological polar surface area (TPSA) is 81.4 Å². The molecule has 1 aromatic carbocycles. The maximum absolute atomic E-state index is 13.2. The number of ether oxygens (including phenoxy) is 1. The number of nitrogens with one attached hydrogen (secondary N) is 1. The first kappa shape index (κ1) is 14.4. The lowest BCUT2D eigenvalue weighted by atomic mass is 10.2. The molecular formula is C11H12ClFN2O3. The van der Waals surface area contributed by atoms with Gasteiger partial charge in [0.2, 0.25) is 5.91 Å². The summed E-state index contributed by atoms with van der Waals surface area (Å²) in [5, 5.41) is 2.00. The van der Waals surface area contributed by atoms with Gasteiger partial charge in [0, 0.05) is 7.11 Å². The molecule has 0 spiro atoms. The highest BCUT2D eigenvalue weighted by atomic mass is 35.5. The number of carbonyl (C=O) groups is 2. The van der Waals surface area contributed by atoms with Crippen LogP contribution >= 0.6 is 11.6 Å². The number of carbonyl (C=O) groups excluding carboxylic acids is 2. The van der Waals surface area contributed by atoms with Crippen LogP contribution in [0, 0.1) is 5.82 Å². The minimum absolute atomic E-state index is 0.0704. The second kappa shape index (κ2) is 6.32. The molecule has 0 unspecified atom stereocenters. The zero-order chi connectivity index (χ0) is 13.7. The summed E-state index contributed by atoms with van der Waals surface area (Å²) in [5.41, 5.74) is 5.01. The lowest BCUT2D eigenvalue weighted by Gasteiger charge is -2.14. The zero-order valence-corrected chi connectivity index (χ0v) is 10.3. The number of benzene rings is 1. The molecule has 1 aromatic rings.